The van der Waals surface area contributed by atoms with Crippen LogP contribution in [-0.2, 0) is 10.0 Å². The molecule has 0 aliphatic rings. The lowest BCUT2D eigenvalue weighted by Crippen LogP contribution is -2.13. The second-order valence-electron chi connectivity index (χ2n) is 4.87. The van der Waals surface area contributed by atoms with Crippen molar-refractivity contribution in [1.82, 2.24) is 0 Å². The second kappa shape index (κ2) is 7.56. The van der Waals surface area contributed by atoms with E-state index in [1.807, 2.05) is 0 Å². The molecule has 0 fully saturated rings. The molecule has 0 aliphatic carbocycles. The number of nitrogens with one attached hydrogen (secondary N) is 1. The highest BCUT2D eigenvalue weighted by molar-refractivity contribution is 7.92. The Morgan fingerprint density at radius 1 is 1.12 bits per heavy atom. The van der Waals surface area contributed by atoms with Crippen molar-refractivity contribution >= 4 is 33.4 Å². The monoisotopic (exact) mass is 343 g/mol. The molecule has 2 rings (SSSR count). The molecule has 2 aromatic carbocycles. The molecule has 0 aromatic heterocycles. The zero-order valence-electron chi connectivity index (χ0n) is 13.0. The van der Waals surface area contributed by atoms with Gasteiger partial charge < -0.3 is 5.73 Å². The summed E-state index contributed by atoms with van der Waals surface area (Å²) < 4.78 is 27.5. The van der Waals surface area contributed by atoms with Gasteiger partial charge in [0.05, 0.1) is 16.3 Å². The number of benzene rings is 2. The van der Waals surface area contributed by atoms with Gasteiger partial charge >= 0.3 is 0 Å². The van der Waals surface area contributed by atoms with Crippen molar-refractivity contribution in [2.24, 2.45) is 10.7 Å². The highest BCUT2D eigenvalue weighted by atomic mass is 32.2. The summed E-state index contributed by atoms with van der Waals surface area (Å²) in [7, 11) is -3.79. The Morgan fingerprint density at radius 3 is 2.42 bits per heavy atom. The summed E-state index contributed by atoms with van der Waals surface area (Å²) >= 11 is 0. The first kappa shape index (κ1) is 17.4. The molecule has 7 heteroatoms. The Balaban J connectivity index is 2.31. The molecule has 0 unspecified atom stereocenters. The van der Waals surface area contributed by atoms with Gasteiger partial charge in [-0.05, 0) is 43.5 Å². The van der Waals surface area contributed by atoms with Gasteiger partial charge in [-0.1, -0.05) is 24.3 Å². The standard InChI is InChI=1S/C17H17N3O3S/c1-13(21)14-7-9-15(10-8-14)24(22,23)20-17-6-3-2-5-16(17)19-12-4-11-18/h2-12,20H,18H2,1H3. The molecule has 0 saturated heterocycles. The number of carbonyl (C=O) groups excluding carboxylic acids is 1. The van der Waals surface area contributed by atoms with E-state index in [1.165, 1.54) is 49.7 Å². The summed E-state index contributed by atoms with van der Waals surface area (Å²) in [6, 6.07) is 12.5. The molecule has 124 valence electrons. The first-order valence-electron chi connectivity index (χ1n) is 7.08. The van der Waals surface area contributed by atoms with E-state index in [0.717, 1.165) is 0 Å². The minimum atomic E-state index is -3.79. The number of nitrogens with two attached hydrogens (primary N) is 1. The van der Waals surface area contributed by atoms with Crippen LogP contribution in [0.3, 0.4) is 0 Å². The molecule has 0 spiro atoms. The molecule has 24 heavy (non-hydrogen) atoms. The van der Waals surface area contributed by atoms with Gasteiger partial charge in [0.15, 0.2) is 5.78 Å². The number of hydrogen-bond donors (Lipinski definition) is 2. The lowest BCUT2D eigenvalue weighted by atomic mass is 10.2. The number of sulfonamides is 1. The SMILES string of the molecule is CC(=O)c1ccc(S(=O)(=O)Nc2ccccc2N=CC=CN)cc1. The summed E-state index contributed by atoms with van der Waals surface area (Å²) in [4.78, 5) is 15.5. The van der Waals surface area contributed by atoms with E-state index in [1.54, 1.807) is 24.3 Å². The fourth-order valence-corrected chi connectivity index (χ4v) is 2.99. The van der Waals surface area contributed by atoms with Crippen LogP contribution in [0.15, 0.2) is 70.7 Å². The molecule has 0 bridgehead atoms. The van der Waals surface area contributed by atoms with Gasteiger partial charge in [0.1, 0.15) is 0 Å². The predicted molar refractivity (Wildman–Crippen MR) is 95.2 cm³/mol. The molecule has 0 atom stereocenters. The molecule has 0 aliphatic heterocycles. The number of aliphatic imine (C=N–C) groups is 1. The van der Waals surface area contributed by atoms with Crippen molar-refractivity contribution in [2.45, 2.75) is 11.8 Å². The molecular formula is C17H17N3O3S. The summed E-state index contributed by atoms with van der Waals surface area (Å²) in [5, 5.41) is 0. The normalized spacial score (nSPS) is 11.9. The molecule has 0 amide bonds. The topological polar surface area (TPSA) is 102 Å². The average molecular weight is 343 g/mol. The van der Waals surface area contributed by atoms with Crippen LogP contribution in [0.25, 0.3) is 0 Å². The number of nitrogens with zero attached hydrogens (tertiary/aromatic N) is 1. The van der Waals surface area contributed by atoms with Crippen LogP contribution in [0.5, 0.6) is 0 Å². The number of rotatable bonds is 6. The molecular weight excluding hydrogens is 326 g/mol. The molecule has 3 N–H and O–H groups in total. The third-order valence-corrected chi connectivity index (χ3v) is 4.51. The Morgan fingerprint density at radius 2 is 1.79 bits per heavy atom. The van der Waals surface area contributed by atoms with Crippen LogP contribution < -0.4 is 10.5 Å². The minimum absolute atomic E-state index is 0.0631. The van der Waals surface area contributed by atoms with Gasteiger partial charge in [-0.3, -0.25) is 14.5 Å². The Labute approximate surface area is 140 Å². The highest BCUT2D eigenvalue weighted by Gasteiger charge is 2.16. The van der Waals surface area contributed by atoms with Gasteiger partial charge in [0, 0.05) is 11.8 Å². The van der Waals surface area contributed by atoms with E-state index in [-0.39, 0.29) is 10.7 Å². The minimum Gasteiger partial charge on any atom is -0.405 e. The number of Topliss-reactive ketones (excluding diaryl/α,β-unsaturated/α-hetero) is 1. The van der Waals surface area contributed by atoms with E-state index in [4.69, 9.17) is 5.73 Å². The molecule has 6 nitrogen and oxygen atoms in total. The second-order valence-corrected chi connectivity index (χ2v) is 6.55. The number of carbonyl (C=O) groups is 1. The van der Waals surface area contributed by atoms with Crippen LogP contribution in [0.4, 0.5) is 11.4 Å². The van der Waals surface area contributed by atoms with Crippen molar-refractivity contribution in [3.8, 4) is 0 Å². The summed E-state index contributed by atoms with van der Waals surface area (Å²) in [6.45, 7) is 1.42. The van der Waals surface area contributed by atoms with Gasteiger partial charge in [-0.15, -0.1) is 0 Å². The van der Waals surface area contributed by atoms with Gasteiger partial charge in [-0.25, -0.2) is 8.42 Å². The Kier molecular flexibility index (Phi) is 5.49. The largest absolute Gasteiger partial charge is 0.405 e. The average Bonchev–Trinajstić information content (AvgIpc) is 2.56. The first-order chi connectivity index (χ1) is 11.4. The van der Waals surface area contributed by atoms with Crippen LogP contribution in [-0.4, -0.2) is 20.4 Å². The van der Waals surface area contributed by atoms with E-state index < -0.39 is 10.0 Å². The van der Waals surface area contributed by atoms with E-state index >= 15 is 0 Å². The third kappa shape index (κ3) is 4.30. The fourth-order valence-electron chi connectivity index (χ4n) is 1.92. The van der Waals surface area contributed by atoms with Crippen LogP contribution >= 0.6 is 0 Å². The lowest BCUT2D eigenvalue weighted by Gasteiger charge is -2.10. The predicted octanol–water partition coefficient (Wildman–Crippen LogP) is 2.86. The van der Waals surface area contributed by atoms with Crippen LogP contribution in [0.2, 0.25) is 0 Å². The summed E-state index contributed by atoms with van der Waals surface area (Å²) in [5.41, 5.74) is 6.49. The van der Waals surface area contributed by atoms with Crippen LogP contribution in [0, 0.1) is 0 Å². The van der Waals surface area contributed by atoms with E-state index in [9.17, 15) is 13.2 Å². The number of allylic oxidation sites excluding steroid dienone is 1. The van der Waals surface area contributed by atoms with Gasteiger partial charge in [0.25, 0.3) is 10.0 Å². The number of ketones is 1. The Hall–Kier alpha value is -2.93. The molecule has 2 aromatic rings. The van der Waals surface area contributed by atoms with Gasteiger partial charge in [0.2, 0.25) is 0 Å². The van der Waals surface area contributed by atoms with Crippen molar-refractivity contribution in [3.05, 3.63) is 66.4 Å². The molecule has 0 saturated carbocycles. The quantitative estimate of drug-likeness (QED) is 0.622. The maximum Gasteiger partial charge on any atom is 0.261 e. The van der Waals surface area contributed by atoms with Crippen molar-refractivity contribution in [3.63, 3.8) is 0 Å². The fraction of sp³-hybridized carbons (Fsp3) is 0.0588. The zero-order chi connectivity index (χ0) is 17.6. The lowest BCUT2D eigenvalue weighted by molar-refractivity contribution is 0.101. The van der Waals surface area contributed by atoms with Crippen LogP contribution in [0.1, 0.15) is 17.3 Å². The van der Waals surface area contributed by atoms with Gasteiger partial charge in [-0.2, -0.15) is 0 Å². The highest BCUT2D eigenvalue weighted by Crippen LogP contribution is 2.26. The Bertz CT molecular complexity index is 886. The summed E-state index contributed by atoms with van der Waals surface area (Å²) in [6.07, 6.45) is 4.33. The van der Waals surface area contributed by atoms with Crippen molar-refractivity contribution in [2.75, 3.05) is 4.72 Å². The van der Waals surface area contributed by atoms with Crippen molar-refractivity contribution < 1.29 is 13.2 Å². The molecule has 0 heterocycles. The number of hydrogen-bond acceptors (Lipinski definition) is 5. The third-order valence-electron chi connectivity index (χ3n) is 3.13. The van der Waals surface area contributed by atoms with Crippen molar-refractivity contribution in [1.29, 1.82) is 0 Å². The number of para-hydroxylation sites is 2. The maximum atomic E-state index is 12.5. The zero-order valence-corrected chi connectivity index (χ0v) is 13.8. The molecule has 0 radical (unpaired) electrons. The van der Waals surface area contributed by atoms with E-state index in [2.05, 4.69) is 9.71 Å². The smallest absolute Gasteiger partial charge is 0.261 e. The summed E-state index contributed by atoms with van der Waals surface area (Å²) in [5.74, 6) is -0.125. The van der Waals surface area contributed by atoms with E-state index in [0.29, 0.717) is 16.9 Å². The first-order valence-corrected chi connectivity index (χ1v) is 8.56. The maximum absolute atomic E-state index is 12.5. The number of anilines is 1.